The molecule has 0 bridgehead atoms. The lowest BCUT2D eigenvalue weighted by molar-refractivity contribution is 0.0541. The average Bonchev–Trinajstić information content (AvgIpc) is 2.44. The number of benzene rings is 1. The quantitative estimate of drug-likeness (QED) is 0.637. The molecule has 4 heteroatoms. The third kappa shape index (κ3) is 7.46. The summed E-state index contributed by atoms with van der Waals surface area (Å²) in [6.07, 6.45) is 0. The van der Waals surface area contributed by atoms with E-state index < -0.39 is 0 Å². The summed E-state index contributed by atoms with van der Waals surface area (Å²) in [6.45, 7) is 10.7. The van der Waals surface area contributed by atoms with Crippen LogP contribution in [0.1, 0.15) is 25.0 Å². The van der Waals surface area contributed by atoms with Gasteiger partial charge in [-0.15, -0.1) is 0 Å². The van der Waals surface area contributed by atoms with Crippen molar-refractivity contribution in [1.29, 1.82) is 0 Å². The summed E-state index contributed by atoms with van der Waals surface area (Å²) in [5, 5.41) is 3.46. The highest BCUT2D eigenvalue weighted by atomic mass is 16.5. The Hall–Kier alpha value is -1.10. The fourth-order valence-corrected chi connectivity index (χ4v) is 2.00. The molecule has 0 radical (unpaired) electrons. The minimum atomic E-state index is 0.561. The van der Waals surface area contributed by atoms with E-state index in [1.54, 1.807) is 7.11 Å². The van der Waals surface area contributed by atoms with Gasteiger partial charge in [-0.1, -0.05) is 32.0 Å². The average molecular weight is 295 g/mol. The molecule has 0 saturated heterocycles. The maximum Gasteiger partial charge on any atom is 0.126 e. The Labute approximate surface area is 128 Å². The number of hydrogen-bond donors (Lipinski definition) is 1. The number of methoxy groups -OCH3 is 1. The molecule has 1 N–H and O–H groups in total. The smallest absolute Gasteiger partial charge is 0.126 e. The zero-order valence-corrected chi connectivity index (χ0v) is 13.8. The number of rotatable bonds is 11. The molecule has 0 aliphatic heterocycles. The van der Waals surface area contributed by atoms with Crippen LogP contribution in [0.25, 0.3) is 0 Å². The Balaban J connectivity index is 2.43. The molecular weight excluding hydrogens is 266 g/mol. The molecule has 4 nitrogen and oxygen atoms in total. The topological polar surface area (TPSA) is 39.7 Å². The predicted molar refractivity (Wildman–Crippen MR) is 85.9 cm³/mol. The van der Waals surface area contributed by atoms with Gasteiger partial charge in [-0.3, -0.25) is 0 Å². The van der Waals surface area contributed by atoms with Crippen LogP contribution in [0.2, 0.25) is 0 Å². The first-order valence-electron chi connectivity index (χ1n) is 7.63. The van der Waals surface area contributed by atoms with Crippen molar-refractivity contribution in [3.63, 3.8) is 0 Å². The molecule has 0 aliphatic carbocycles. The minimum absolute atomic E-state index is 0.561. The maximum absolute atomic E-state index is 5.90. The third-order valence-corrected chi connectivity index (χ3v) is 3.07. The summed E-state index contributed by atoms with van der Waals surface area (Å²) >= 11 is 0. The van der Waals surface area contributed by atoms with Crippen LogP contribution in [-0.4, -0.2) is 40.1 Å². The molecule has 0 fully saturated rings. The molecule has 120 valence electrons. The Morgan fingerprint density at radius 3 is 2.57 bits per heavy atom. The fraction of sp³-hybridized carbons (Fsp3) is 0.647. The first kappa shape index (κ1) is 18.0. The van der Waals surface area contributed by atoms with Crippen molar-refractivity contribution in [1.82, 2.24) is 5.32 Å². The Bertz CT molecular complexity index is 394. The van der Waals surface area contributed by atoms with Gasteiger partial charge in [0, 0.05) is 19.2 Å². The van der Waals surface area contributed by atoms with Gasteiger partial charge in [0.05, 0.1) is 19.8 Å². The van der Waals surface area contributed by atoms with Crippen LogP contribution in [0.15, 0.2) is 18.2 Å². The highest BCUT2D eigenvalue weighted by Gasteiger charge is 2.07. The molecule has 0 heterocycles. The molecule has 21 heavy (non-hydrogen) atoms. The van der Waals surface area contributed by atoms with Crippen molar-refractivity contribution in [3.05, 3.63) is 29.3 Å². The van der Waals surface area contributed by atoms with Crippen LogP contribution in [-0.2, 0) is 16.0 Å². The highest BCUT2D eigenvalue weighted by Crippen LogP contribution is 2.23. The largest absolute Gasteiger partial charge is 0.491 e. The van der Waals surface area contributed by atoms with Gasteiger partial charge in [0.1, 0.15) is 12.4 Å². The lowest BCUT2D eigenvalue weighted by Crippen LogP contribution is -2.20. The summed E-state index contributed by atoms with van der Waals surface area (Å²) in [6, 6.07) is 6.26. The molecule has 1 aromatic carbocycles. The second kappa shape index (κ2) is 10.6. The molecular formula is C17H29NO3. The first-order chi connectivity index (χ1) is 10.1. The molecule has 1 aromatic rings. The maximum atomic E-state index is 5.90. The van der Waals surface area contributed by atoms with Gasteiger partial charge in [-0.2, -0.15) is 0 Å². The van der Waals surface area contributed by atoms with E-state index in [0.717, 1.165) is 24.4 Å². The van der Waals surface area contributed by atoms with Gasteiger partial charge in [0.2, 0.25) is 0 Å². The summed E-state index contributed by atoms with van der Waals surface area (Å²) in [4.78, 5) is 0. The Morgan fingerprint density at radius 2 is 1.86 bits per heavy atom. The van der Waals surface area contributed by atoms with E-state index in [-0.39, 0.29) is 0 Å². The van der Waals surface area contributed by atoms with Crippen LogP contribution in [0.4, 0.5) is 0 Å². The van der Waals surface area contributed by atoms with Crippen molar-refractivity contribution in [3.8, 4) is 5.75 Å². The van der Waals surface area contributed by atoms with Crippen molar-refractivity contribution in [2.75, 3.05) is 40.1 Å². The van der Waals surface area contributed by atoms with E-state index in [0.29, 0.717) is 32.3 Å². The van der Waals surface area contributed by atoms with E-state index in [9.17, 15) is 0 Å². The van der Waals surface area contributed by atoms with Crippen molar-refractivity contribution >= 4 is 0 Å². The van der Waals surface area contributed by atoms with Gasteiger partial charge in [-0.25, -0.2) is 0 Å². The molecule has 1 rings (SSSR count). The van der Waals surface area contributed by atoms with Crippen molar-refractivity contribution in [2.24, 2.45) is 5.92 Å². The van der Waals surface area contributed by atoms with Gasteiger partial charge >= 0.3 is 0 Å². The zero-order chi connectivity index (χ0) is 15.5. The lowest BCUT2D eigenvalue weighted by Gasteiger charge is -2.15. The second-order valence-corrected chi connectivity index (χ2v) is 5.54. The highest BCUT2D eigenvalue weighted by molar-refractivity contribution is 5.40. The Morgan fingerprint density at radius 1 is 1.10 bits per heavy atom. The first-order valence-corrected chi connectivity index (χ1v) is 7.63. The second-order valence-electron chi connectivity index (χ2n) is 5.54. The number of aryl methyl sites for hydroxylation is 1. The van der Waals surface area contributed by atoms with E-state index in [4.69, 9.17) is 14.2 Å². The van der Waals surface area contributed by atoms with Crippen molar-refractivity contribution < 1.29 is 14.2 Å². The predicted octanol–water partition coefficient (Wildman–Crippen LogP) is 2.78. The van der Waals surface area contributed by atoms with Gasteiger partial charge in [0.25, 0.3) is 0 Å². The summed E-state index contributed by atoms with van der Waals surface area (Å²) < 4.78 is 16.3. The summed E-state index contributed by atoms with van der Waals surface area (Å²) in [5.41, 5.74) is 2.36. The molecule has 0 aliphatic rings. The molecule has 0 unspecified atom stereocenters. The van der Waals surface area contributed by atoms with E-state index in [1.165, 1.54) is 5.56 Å². The molecule has 0 saturated carbocycles. The van der Waals surface area contributed by atoms with Gasteiger partial charge in [0.15, 0.2) is 0 Å². The number of hydrogen-bond acceptors (Lipinski definition) is 4. The number of ether oxygens (including phenoxy) is 3. The van der Waals surface area contributed by atoms with E-state index >= 15 is 0 Å². The monoisotopic (exact) mass is 295 g/mol. The normalized spacial score (nSPS) is 11.1. The van der Waals surface area contributed by atoms with Crippen LogP contribution < -0.4 is 10.1 Å². The molecule has 0 aromatic heterocycles. The van der Waals surface area contributed by atoms with Gasteiger partial charge in [-0.05, 0) is 24.9 Å². The van der Waals surface area contributed by atoms with Crippen LogP contribution in [0, 0.1) is 12.8 Å². The van der Waals surface area contributed by atoms with Crippen molar-refractivity contribution in [2.45, 2.75) is 27.3 Å². The van der Waals surface area contributed by atoms with Gasteiger partial charge < -0.3 is 19.5 Å². The Kier molecular flexibility index (Phi) is 9.06. The fourth-order valence-electron chi connectivity index (χ4n) is 2.00. The molecule has 0 spiro atoms. The standard InChI is InChI=1S/C17H29NO3/c1-14(2)12-18-13-16-7-5-6-15(3)17(16)21-11-10-20-9-8-19-4/h5-7,14,18H,8-13H2,1-4H3. The van der Waals surface area contributed by atoms with Crippen LogP contribution in [0.3, 0.4) is 0 Å². The zero-order valence-electron chi connectivity index (χ0n) is 13.8. The summed E-state index contributed by atoms with van der Waals surface area (Å²) in [7, 11) is 1.67. The minimum Gasteiger partial charge on any atom is -0.491 e. The molecule has 0 atom stereocenters. The SMILES string of the molecule is COCCOCCOc1c(C)cccc1CNCC(C)C. The number of para-hydroxylation sites is 1. The molecule has 0 amide bonds. The van der Waals surface area contributed by atoms with E-state index in [2.05, 4.69) is 44.3 Å². The van der Waals surface area contributed by atoms with Crippen LogP contribution in [0.5, 0.6) is 5.75 Å². The van der Waals surface area contributed by atoms with Crippen LogP contribution >= 0.6 is 0 Å². The number of nitrogens with one attached hydrogen (secondary N) is 1. The van der Waals surface area contributed by atoms with E-state index in [1.807, 2.05) is 0 Å². The third-order valence-electron chi connectivity index (χ3n) is 3.07. The lowest BCUT2D eigenvalue weighted by atomic mass is 10.1. The summed E-state index contributed by atoms with van der Waals surface area (Å²) in [5.74, 6) is 1.62.